The summed E-state index contributed by atoms with van der Waals surface area (Å²) in [7, 11) is 0. The molecule has 3 rings (SSSR count). The van der Waals surface area contributed by atoms with E-state index in [2.05, 4.69) is 20.4 Å². The molecule has 0 aliphatic carbocycles. The van der Waals surface area contributed by atoms with Crippen LogP contribution in [0.5, 0.6) is 0 Å². The van der Waals surface area contributed by atoms with Gasteiger partial charge in [-0.05, 0) is 31.8 Å². The lowest BCUT2D eigenvalue weighted by atomic mass is 9.96. The molecule has 1 saturated heterocycles. The van der Waals surface area contributed by atoms with Gasteiger partial charge < -0.3 is 9.84 Å². The fourth-order valence-corrected chi connectivity index (χ4v) is 2.64. The van der Waals surface area contributed by atoms with E-state index < -0.39 is 0 Å². The molecule has 0 bridgehead atoms. The molecule has 1 aliphatic heterocycles. The average Bonchev–Trinajstić information content (AvgIpc) is 3.00. The van der Waals surface area contributed by atoms with Crippen molar-refractivity contribution in [3.63, 3.8) is 0 Å². The standard InChI is InChI=1S/C11H14N4OS/c1-2-8(5-12-3-1)4-10-14-11(15-16-10)9-6-17-7-13-9/h6-8,12H,1-5H2. The van der Waals surface area contributed by atoms with E-state index >= 15 is 0 Å². The van der Waals surface area contributed by atoms with Crippen molar-refractivity contribution < 1.29 is 4.52 Å². The van der Waals surface area contributed by atoms with Crippen LogP contribution in [0.1, 0.15) is 18.7 Å². The Bertz CT molecular complexity index is 462. The lowest BCUT2D eigenvalue weighted by Gasteiger charge is -2.20. The van der Waals surface area contributed by atoms with Gasteiger partial charge in [-0.3, -0.25) is 0 Å². The molecule has 0 spiro atoms. The van der Waals surface area contributed by atoms with Crippen LogP contribution in [0.25, 0.3) is 11.5 Å². The first-order valence-corrected chi connectivity index (χ1v) is 6.78. The molecule has 17 heavy (non-hydrogen) atoms. The highest BCUT2D eigenvalue weighted by Gasteiger charge is 2.18. The number of rotatable bonds is 3. The van der Waals surface area contributed by atoms with Crippen LogP contribution in [0.4, 0.5) is 0 Å². The summed E-state index contributed by atoms with van der Waals surface area (Å²) in [5.74, 6) is 1.94. The van der Waals surface area contributed by atoms with Gasteiger partial charge in [0.25, 0.3) is 0 Å². The van der Waals surface area contributed by atoms with Gasteiger partial charge in [0, 0.05) is 11.8 Å². The summed E-state index contributed by atoms with van der Waals surface area (Å²) < 4.78 is 5.27. The molecule has 1 atom stereocenters. The normalized spacial score (nSPS) is 20.6. The third kappa shape index (κ3) is 2.53. The number of aromatic nitrogens is 3. The van der Waals surface area contributed by atoms with E-state index in [4.69, 9.17) is 4.52 Å². The largest absolute Gasteiger partial charge is 0.339 e. The molecule has 1 N–H and O–H groups in total. The van der Waals surface area contributed by atoms with Crippen LogP contribution in [0.3, 0.4) is 0 Å². The van der Waals surface area contributed by atoms with Crippen LogP contribution in [0.2, 0.25) is 0 Å². The van der Waals surface area contributed by atoms with Crippen LogP contribution in [-0.2, 0) is 6.42 Å². The van der Waals surface area contributed by atoms with Crippen LogP contribution < -0.4 is 5.32 Å². The highest BCUT2D eigenvalue weighted by molar-refractivity contribution is 7.07. The van der Waals surface area contributed by atoms with Crippen molar-refractivity contribution in [2.45, 2.75) is 19.3 Å². The molecule has 5 nitrogen and oxygen atoms in total. The summed E-state index contributed by atoms with van der Waals surface area (Å²) in [6.07, 6.45) is 3.34. The van der Waals surface area contributed by atoms with E-state index in [9.17, 15) is 0 Å². The van der Waals surface area contributed by atoms with Gasteiger partial charge in [-0.15, -0.1) is 11.3 Å². The summed E-state index contributed by atoms with van der Waals surface area (Å²) in [4.78, 5) is 8.55. The Morgan fingerprint density at radius 3 is 3.29 bits per heavy atom. The Kier molecular flexibility index (Phi) is 3.15. The minimum Gasteiger partial charge on any atom is -0.339 e. The van der Waals surface area contributed by atoms with Crippen LogP contribution in [-0.4, -0.2) is 28.2 Å². The highest BCUT2D eigenvalue weighted by Crippen LogP contribution is 2.19. The minimum atomic E-state index is 0.602. The van der Waals surface area contributed by atoms with Crippen molar-refractivity contribution in [1.82, 2.24) is 20.4 Å². The third-order valence-corrected chi connectivity index (χ3v) is 3.58. The topological polar surface area (TPSA) is 63.8 Å². The number of thiazole rings is 1. The lowest BCUT2D eigenvalue weighted by molar-refractivity contribution is 0.316. The van der Waals surface area contributed by atoms with Gasteiger partial charge in [0.15, 0.2) is 0 Å². The van der Waals surface area contributed by atoms with Crippen LogP contribution in [0, 0.1) is 5.92 Å². The van der Waals surface area contributed by atoms with Gasteiger partial charge in [-0.1, -0.05) is 5.16 Å². The second-order valence-electron chi connectivity index (χ2n) is 4.30. The van der Waals surface area contributed by atoms with Crippen LogP contribution >= 0.6 is 11.3 Å². The summed E-state index contributed by atoms with van der Waals surface area (Å²) in [6, 6.07) is 0. The molecule has 0 saturated carbocycles. The fourth-order valence-electron chi connectivity index (χ4n) is 2.11. The number of piperidine rings is 1. The molecule has 90 valence electrons. The average molecular weight is 250 g/mol. The highest BCUT2D eigenvalue weighted by atomic mass is 32.1. The van der Waals surface area contributed by atoms with Crippen molar-refractivity contribution in [2.75, 3.05) is 13.1 Å². The number of nitrogens with zero attached hydrogens (tertiary/aromatic N) is 3. The molecule has 1 fully saturated rings. The fraction of sp³-hybridized carbons (Fsp3) is 0.545. The predicted octanol–water partition coefficient (Wildman–Crippen LogP) is 1.74. The maximum atomic E-state index is 5.27. The first-order valence-electron chi connectivity index (χ1n) is 5.83. The van der Waals surface area contributed by atoms with Gasteiger partial charge in [0.1, 0.15) is 5.69 Å². The summed E-state index contributed by atoms with van der Waals surface area (Å²) in [6.45, 7) is 2.18. The van der Waals surface area contributed by atoms with Gasteiger partial charge in [-0.2, -0.15) is 4.98 Å². The van der Waals surface area contributed by atoms with Gasteiger partial charge >= 0.3 is 0 Å². The molecule has 0 amide bonds. The smallest absolute Gasteiger partial charge is 0.227 e. The summed E-state index contributed by atoms with van der Waals surface area (Å²) >= 11 is 1.54. The van der Waals surface area contributed by atoms with Gasteiger partial charge in [0.2, 0.25) is 11.7 Å². The van der Waals surface area contributed by atoms with E-state index in [1.165, 1.54) is 24.2 Å². The van der Waals surface area contributed by atoms with Gasteiger partial charge in [0.05, 0.1) is 5.51 Å². The molecule has 3 heterocycles. The van der Waals surface area contributed by atoms with Crippen molar-refractivity contribution in [1.29, 1.82) is 0 Å². The number of hydrogen-bond acceptors (Lipinski definition) is 6. The summed E-state index contributed by atoms with van der Waals surface area (Å²) in [5.41, 5.74) is 2.57. The Balaban J connectivity index is 1.68. The van der Waals surface area contributed by atoms with E-state index in [1.807, 2.05) is 5.38 Å². The van der Waals surface area contributed by atoms with E-state index in [1.54, 1.807) is 5.51 Å². The number of hydrogen-bond donors (Lipinski definition) is 1. The maximum absolute atomic E-state index is 5.27. The Morgan fingerprint density at radius 1 is 1.53 bits per heavy atom. The first kappa shape index (κ1) is 10.9. The summed E-state index contributed by atoms with van der Waals surface area (Å²) in [5, 5.41) is 9.28. The van der Waals surface area contributed by atoms with E-state index in [0.29, 0.717) is 11.7 Å². The van der Waals surface area contributed by atoms with Crippen molar-refractivity contribution in [2.24, 2.45) is 5.92 Å². The molecule has 2 aromatic heterocycles. The third-order valence-electron chi connectivity index (χ3n) is 2.99. The molecule has 0 aromatic carbocycles. The molecule has 1 unspecified atom stereocenters. The molecule has 6 heteroatoms. The Morgan fingerprint density at radius 2 is 2.53 bits per heavy atom. The van der Waals surface area contributed by atoms with E-state index in [-0.39, 0.29) is 0 Å². The lowest BCUT2D eigenvalue weighted by Crippen LogP contribution is -2.30. The SMILES string of the molecule is c1nc(-c2noc(CC3CCCNC3)n2)cs1. The molecular weight excluding hydrogens is 236 g/mol. The molecule has 0 radical (unpaired) electrons. The van der Waals surface area contributed by atoms with Crippen molar-refractivity contribution in [3.8, 4) is 11.5 Å². The molecule has 1 aliphatic rings. The van der Waals surface area contributed by atoms with Crippen LogP contribution in [0.15, 0.2) is 15.4 Å². The first-order chi connectivity index (χ1) is 8.42. The predicted molar refractivity (Wildman–Crippen MR) is 64.7 cm³/mol. The van der Waals surface area contributed by atoms with Crippen molar-refractivity contribution in [3.05, 3.63) is 16.8 Å². The van der Waals surface area contributed by atoms with E-state index in [0.717, 1.165) is 31.1 Å². The monoisotopic (exact) mass is 250 g/mol. The maximum Gasteiger partial charge on any atom is 0.227 e. The Labute approximate surface area is 103 Å². The van der Waals surface area contributed by atoms with Gasteiger partial charge in [-0.25, -0.2) is 4.98 Å². The zero-order chi connectivity index (χ0) is 11.5. The quantitative estimate of drug-likeness (QED) is 0.899. The second-order valence-corrected chi connectivity index (χ2v) is 5.02. The second kappa shape index (κ2) is 4.93. The molecule has 2 aromatic rings. The zero-order valence-electron chi connectivity index (χ0n) is 9.43. The number of nitrogens with one attached hydrogen (secondary N) is 1. The zero-order valence-corrected chi connectivity index (χ0v) is 10.2. The Hall–Kier alpha value is -1.27. The molecular formula is C11H14N4OS. The minimum absolute atomic E-state index is 0.602. The van der Waals surface area contributed by atoms with Crippen molar-refractivity contribution >= 4 is 11.3 Å².